The zero-order valence-corrected chi connectivity index (χ0v) is 17.6. The fourth-order valence-electron chi connectivity index (χ4n) is 4.11. The molecule has 4 aromatic rings. The molecule has 5 rings (SSSR count). The Kier molecular flexibility index (Phi) is 5.22. The van der Waals surface area contributed by atoms with E-state index in [1.54, 1.807) is 6.07 Å². The van der Waals surface area contributed by atoms with E-state index in [-0.39, 0.29) is 5.75 Å². The summed E-state index contributed by atoms with van der Waals surface area (Å²) in [7, 11) is 0. The van der Waals surface area contributed by atoms with Crippen LogP contribution in [0.25, 0.3) is 22.3 Å². The monoisotopic (exact) mass is 411 g/mol. The molecule has 0 amide bonds. The Morgan fingerprint density at radius 1 is 0.903 bits per heavy atom. The minimum atomic E-state index is 0.197. The summed E-state index contributed by atoms with van der Waals surface area (Å²) in [6.07, 6.45) is 3.70. The van der Waals surface area contributed by atoms with Gasteiger partial charge in [0.25, 0.3) is 0 Å². The van der Waals surface area contributed by atoms with Crippen LogP contribution in [0.4, 0.5) is 5.82 Å². The number of pyridine rings is 1. The molecule has 0 atom stereocenters. The van der Waals surface area contributed by atoms with Crippen molar-refractivity contribution in [1.29, 1.82) is 0 Å². The van der Waals surface area contributed by atoms with Crippen LogP contribution < -0.4 is 4.90 Å². The minimum Gasteiger partial charge on any atom is -0.507 e. The lowest BCUT2D eigenvalue weighted by molar-refractivity contribution is 0.249. The first-order chi connectivity index (χ1) is 15.2. The number of fused-ring (bicyclic) bond motifs is 1. The number of aromatic hydroxyl groups is 1. The number of rotatable bonds is 4. The molecule has 2 aromatic heterocycles. The third kappa shape index (κ3) is 4.07. The van der Waals surface area contributed by atoms with Gasteiger partial charge in [-0.3, -0.25) is 9.88 Å². The number of piperazine rings is 1. The molecule has 3 heterocycles. The standard InChI is InChI=1S/C25H25N5O/c1-18-6-7-20-22(16-18)27-24(21-4-2-3-5-23(21)31)28-25(20)30-14-12-29(13-15-30)17-19-8-10-26-11-9-19/h2-11,16,31H,12-15,17H2,1H3. The van der Waals surface area contributed by atoms with E-state index in [0.717, 1.165) is 55.0 Å². The van der Waals surface area contributed by atoms with Crippen LogP contribution in [0, 0.1) is 6.92 Å². The molecule has 0 saturated carbocycles. The lowest BCUT2D eigenvalue weighted by Gasteiger charge is -2.36. The van der Waals surface area contributed by atoms with Gasteiger partial charge in [0.15, 0.2) is 5.82 Å². The maximum absolute atomic E-state index is 10.4. The summed E-state index contributed by atoms with van der Waals surface area (Å²) in [6.45, 7) is 6.72. The van der Waals surface area contributed by atoms with Gasteiger partial charge in [0.2, 0.25) is 0 Å². The van der Waals surface area contributed by atoms with Gasteiger partial charge >= 0.3 is 0 Å². The molecular formula is C25H25N5O. The number of hydrogen-bond acceptors (Lipinski definition) is 6. The van der Waals surface area contributed by atoms with Crippen LogP contribution in [0.1, 0.15) is 11.1 Å². The molecule has 0 spiro atoms. The van der Waals surface area contributed by atoms with E-state index in [1.807, 2.05) is 30.6 Å². The maximum atomic E-state index is 10.4. The van der Waals surface area contributed by atoms with E-state index in [9.17, 15) is 5.11 Å². The van der Waals surface area contributed by atoms with Crippen LogP contribution >= 0.6 is 0 Å². The molecule has 1 aliphatic heterocycles. The number of hydrogen-bond donors (Lipinski definition) is 1. The molecular weight excluding hydrogens is 386 g/mol. The molecule has 0 bridgehead atoms. The number of phenols is 1. The molecule has 31 heavy (non-hydrogen) atoms. The highest BCUT2D eigenvalue weighted by molar-refractivity contribution is 5.92. The average Bonchev–Trinajstić information content (AvgIpc) is 2.80. The van der Waals surface area contributed by atoms with E-state index in [2.05, 4.69) is 52.0 Å². The molecule has 6 nitrogen and oxygen atoms in total. The van der Waals surface area contributed by atoms with Gasteiger partial charge in [-0.05, 0) is 54.4 Å². The highest BCUT2D eigenvalue weighted by atomic mass is 16.3. The average molecular weight is 412 g/mol. The number of aryl methyl sites for hydroxylation is 1. The van der Waals surface area contributed by atoms with Crippen LogP contribution in [0.2, 0.25) is 0 Å². The second kappa shape index (κ2) is 8.32. The Morgan fingerprint density at radius 3 is 2.45 bits per heavy atom. The van der Waals surface area contributed by atoms with Crippen molar-refractivity contribution < 1.29 is 5.11 Å². The van der Waals surface area contributed by atoms with Crippen molar-refractivity contribution in [2.24, 2.45) is 0 Å². The summed E-state index contributed by atoms with van der Waals surface area (Å²) in [5.74, 6) is 1.69. The number of para-hydroxylation sites is 1. The summed E-state index contributed by atoms with van der Waals surface area (Å²) in [5, 5.41) is 11.4. The van der Waals surface area contributed by atoms with E-state index >= 15 is 0 Å². The van der Waals surface area contributed by atoms with Crippen molar-refractivity contribution in [3.05, 3.63) is 78.1 Å². The highest BCUT2D eigenvalue weighted by Gasteiger charge is 2.22. The zero-order chi connectivity index (χ0) is 21.2. The van der Waals surface area contributed by atoms with Gasteiger partial charge in [0.05, 0.1) is 11.1 Å². The molecule has 2 aromatic carbocycles. The highest BCUT2D eigenvalue weighted by Crippen LogP contribution is 2.32. The summed E-state index contributed by atoms with van der Waals surface area (Å²) < 4.78 is 0. The molecule has 1 N–H and O–H groups in total. The number of benzene rings is 2. The zero-order valence-electron chi connectivity index (χ0n) is 17.6. The van der Waals surface area contributed by atoms with E-state index < -0.39 is 0 Å². The minimum absolute atomic E-state index is 0.197. The molecule has 1 aliphatic rings. The first-order valence-electron chi connectivity index (χ1n) is 10.6. The van der Waals surface area contributed by atoms with Crippen LogP contribution in [-0.2, 0) is 6.54 Å². The largest absolute Gasteiger partial charge is 0.507 e. The van der Waals surface area contributed by atoms with Gasteiger partial charge in [0.1, 0.15) is 11.6 Å². The summed E-state index contributed by atoms with van der Waals surface area (Å²) >= 11 is 0. The Labute approximate surface area is 181 Å². The predicted octanol–water partition coefficient (Wildman–Crippen LogP) is 4.03. The predicted molar refractivity (Wildman–Crippen MR) is 123 cm³/mol. The van der Waals surface area contributed by atoms with Gasteiger partial charge in [-0.2, -0.15) is 0 Å². The number of anilines is 1. The second-order valence-electron chi connectivity index (χ2n) is 8.03. The Morgan fingerprint density at radius 2 is 1.68 bits per heavy atom. The number of nitrogens with zero attached hydrogens (tertiary/aromatic N) is 5. The van der Waals surface area contributed by atoms with Crippen molar-refractivity contribution >= 4 is 16.7 Å². The Balaban J connectivity index is 1.46. The van der Waals surface area contributed by atoms with Crippen LogP contribution in [0.3, 0.4) is 0 Å². The van der Waals surface area contributed by atoms with E-state index in [1.165, 1.54) is 5.56 Å². The number of aromatic nitrogens is 3. The van der Waals surface area contributed by atoms with E-state index in [4.69, 9.17) is 9.97 Å². The third-order valence-electron chi connectivity index (χ3n) is 5.80. The van der Waals surface area contributed by atoms with Crippen LogP contribution in [0.5, 0.6) is 5.75 Å². The topological polar surface area (TPSA) is 65.4 Å². The molecule has 1 fully saturated rings. The van der Waals surface area contributed by atoms with Gasteiger partial charge in [-0.1, -0.05) is 18.2 Å². The van der Waals surface area contributed by atoms with Crippen LogP contribution in [-0.4, -0.2) is 51.1 Å². The van der Waals surface area contributed by atoms with Gasteiger partial charge in [-0.15, -0.1) is 0 Å². The molecule has 0 unspecified atom stereocenters. The quantitative estimate of drug-likeness (QED) is 0.547. The van der Waals surface area contributed by atoms with Crippen molar-refractivity contribution in [1.82, 2.24) is 19.9 Å². The lowest BCUT2D eigenvalue weighted by Crippen LogP contribution is -2.46. The normalized spacial score (nSPS) is 14.8. The summed E-state index contributed by atoms with van der Waals surface area (Å²) in [6, 6.07) is 17.7. The Bertz CT molecular complexity index is 1200. The summed E-state index contributed by atoms with van der Waals surface area (Å²) in [4.78, 5) is 18.6. The molecule has 1 saturated heterocycles. The molecule has 6 heteroatoms. The first kappa shape index (κ1) is 19.5. The van der Waals surface area contributed by atoms with Crippen molar-refractivity contribution in [2.45, 2.75) is 13.5 Å². The SMILES string of the molecule is Cc1ccc2c(N3CCN(Cc4ccncc4)CC3)nc(-c3ccccc3O)nc2c1. The van der Waals surface area contributed by atoms with Crippen molar-refractivity contribution in [3.8, 4) is 17.1 Å². The van der Waals surface area contributed by atoms with Gasteiger partial charge < -0.3 is 10.0 Å². The Hall–Kier alpha value is -3.51. The smallest absolute Gasteiger partial charge is 0.165 e. The van der Waals surface area contributed by atoms with E-state index in [0.29, 0.717) is 11.4 Å². The van der Waals surface area contributed by atoms with Gasteiger partial charge in [-0.25, -0.2) is 9.97 Å². The summed E-state index contributed by atoms with van der Waals surface area (Å²) in [5.41, 5.74) is 4.00. The molecule has 156 valence electrons. The number of phenolic OH excluding ortho intramolecular Hbond substituents is 1. The fraction of sp³-hybridized carbons (Fsp3) is 0.240. The molecule has 0 radical (unpaired) electrons. The lowest BCUT2D eigenvalue weighted by atomic mass is 10.1. The van der Waals surface area contributed by atoms with Crippen molar-refractivity contribution in [3.63, 3.8) is 0 Å². The third-order valence-corrected chi connectivity index (χ3v) is 5.80. The maximum Gasteiger partial charge on any atom is 0.165 e. The first-order valence-corrected chi connectivity index (χ1v) is 10.6. The second-order valence-corrected chi connectivity index (χ2v) is 8.03. The van der Waals surface area contributed by atoms with Crippen molar-refractivity contribution in [2.75, 3.05) is 31.1 Å². The van der Waals surface area contributed by atoms with Gasteiger partial charge in [0, 0.05) is 50.5 Å². The fourth-order valence-corrected chi connectivity index (χ4v) is 4.11. The molecule has 0 aliphatic carbocycles. The van der Waals surface area contributed by atoms with Crippen LogP contribution in [0.15, 0.2) is 67.0 Å².